The number of nitrogens with zero attached hydrogens (tertiary/aromatic N) is 3. The van der Waals surface area contributed by atoms with Gasteiger partial charge in [0.2, 0.25) is 11.8 Å². The van der Waals surface area contributed by atoms with E-state index in [2.05, 4.69) is 25.8 Å². The molecule has 0 bridgehead atoms. The minimum absolute atomic E-state index is 0.0167. The normalized spacial score (nSPS) is 18.3. The Morgan fingerprint density at radius 2 is 1.93 bits per heavy atom. The maximum atomic E-state index is 12.2. The Labute approximate surface area is 164 Å². The first-order valence-electron chi connectivity index (χ1n) is 9.92. The standard InChI is InChI=1S/C19H38N6O2/c1-7-20-18(22-14-16(26)23-19(2,3)4)21-11-9-13-25-12-8-10-15(25)17(27)24(5)6/h15H,7-14H2,1-6H3,(H,23,26)(H2,20,21,22). The molecule has 8 heteroatoms. The van der Waals surface area contributed by atoms with E-state index in [9.17, 15) is 9.59 Å². The molecule has 0 aromatic heterocycles. The van der Waals surface area contributed by atoms with Gasteiger partial charge in [-0.2, -0.15) is 0 Å². The molecule has 156 valence electrons. The Bertz CT molecular complexity index is 513. The molecule has 0 saturated carbocycles. The van der Waals surface area contributed by atoms with Crippen LogP contribution in [-0.2, 0) is 9.59 Å². The van der Waals surface area contributed by atoms with Gasteiger partial charge in [0.1, 0.15) is 6.54 Å². The van der Waals surface area contributed by atoms with Crippen molar-refractivity contribution in [1.82, 2.24) is 25.8 Å². The van der Waals surface area contributed by atoms with Crippen molar-refractivity contribution < 1.29 is 9.59 Å². The van der Waals surface area contributed by atoms with E-state index >= 15 is 0 Å². The molecule has 8 nitrogen and oxygen atoms in total. The average Bonchev–Trinajstić information content (AvgIpc) is 3.02. The summed E-state index contributed by atoms with van der Waals surface area (Å²) in [4.78, 5) is 32.4. The number of nitrogens with one attached hydrogen (secondary N) is 3. The second kappa shape index (κ2) is 11.1. The first kappa shape index (κ1) is 23.2. The average molecular weight is 383 g/mol. The summed E-state index contributed by atoms with van der Waals surface area (Å²) < 4.78 is 0. The quantitative estimate of drug-likeness (QED) is 0.321. The zero-order valence-corrected chi connectivity index (χ0v) is 17.9. The smallest absolute Gasteiger partial charge is 0.242 e. The second-order valence-corrected chi connectivity index (χ2v) is 8.20. The number of amides is 2. The number of carbonyl (C=O) groups is 2. The molecule has 0 aromatic carbocycles. The number of likely N-dealkylation sites (tertiary alicyclic amines) is 1. The number of hydrogen-bond acceptors (Lipinski definition) is 4. The summed E-state index contributed by atoms with van der Waals surface area (Å²) in [6, 6.07) is 0.0167. The fraction of sp³-hybridized carbons (Fsp3) is 0.842. The van der Waals surface area contributed by atoms with Crippen molar-refractivity contribution in [2.45, 2.75) is 58.5 Å². The lowest BCUT2D eigenvalue weighted by Gasteiger charge is -2.26. The van der Waals surface area contributed by atoms with Crippen LogP contribution in [0.5, 0.6) is 0 Å². The van der Waals surface area contributed by atoms with E-state index in [1.54, 1.807) is 4.90 Å². The second-order valence-electron chi connectivity index (χ2n) is 8.20. The van der Waals surface area contributed by atoms with Crippen LogP contribution < -0.4 is 16.0 Å². The molecular formula is C19H38N6O2. The summed E-state index contributed by atoms with van der Waals surface area (Å²) in [6.07, 6.45) is 2.93. The highest BCUT2D eigenvalue weighted by Gasteiger charge is 2.30. The van der Waals surface area contributed by atoms with Crippen molar-refractivity contribution in [2.24, 2.45) is 4.99 Å². The summed E-state index contributed by atoms with van der Waals surface area (Å²) in [7, 11) is 3.63. The van der Waals surface area contributed by atoms with Crippen LogP contribution >= 0.6 is 0 Å². The molecule has 1 fully saturated rings. The van der Waals surface area contributed by atoms with Gasteiger partial charge in [-0.3, -0.25) is 14.5 Å². The van der Waals surface area contributed by atoms with Crippen molar-refractivity contribution >= 4 is 17.8 Å². The Morgan fingerprint density at radius 1 is 1.22 bits per heavy atom. The summed E-state index contributed by atoms with van der Waals surface area (Å²) in [5, 5.41) is 9.32. The maximum absolute atomic E-state index is 12.2. The molecule has 27 heavy (non-hydrogen) atoms. The largest absolute Gasteiger partial charge is 0.357 e. The third-order valence-corrected chi connectivity index (χ3v) is 4.24. The third-order valence-electron chi connectivity index (χ3n) is 4.24. The van der Waals surface area contributed by atoms with Crippen LogP contribution in [0.1, 0.15) is 47.0 Å². The minimum Gasteiger partial charge on any atom is -0.357 e. The summed E-state index contributed by atoms with van der Waals surface area (Å²) in [5.74, 6) is 0.742. The molecule has 1 unspecified atom stereocenters. The van der Waals surface area contributed by atoms with Gasteiger partial charge in [-0.1, -0.05) is 0 Å². The van der Waals surface area contributed by atoms with Crippen molar-refractivity contribution in [3.8, 4) is 0 Å². The highest BCUT2D eigenvalue weighted by molar-refractivity contribution is 5.85. The van der Waals surface area contributed by atoms with Crippen LogP contribution in [0.3, 0.4) is 0 Å². The molecule has 0 radical (unpaired) electrons. The van der Waals surface area contributed by atoms with Crippen LogP contribution in [0, 0.1) is 0 Å². The van der Waals surface area contributed by atoms with Crippen molar-refractivity contribution in [2.75, 3.05) is 46.8 Å². The van der Waals surface area contributed by atoms with Crippen molar-refractivity contribution in [1.29, 1.82) is 0 Å². The van der Waals surface area contributed by atoms with E-state index in [-0.39, 0.29) is 29.9 Å². The zero-order valence-electron chi connectivity index (χ0n) is 17.9. The lowest BCUT2D eigenvalue weighted by Crippen LogP contribution is -2.44. The number of likely N-dealkylation sites (N-methyl/N-ethyl adjacent to an activating group) is 1. The van der Waals surface area contributed by atoms with Gasteiger partial charge in [0.15, 0.2) is 5.96 Å². The van der Waals surface area contributed by atoms with Gasteiger partial charge in [-0.05, 0) is 53.5 Å². The van der Waals surface area contributed by atoms with Crippen molar-refractivity contribution in [3.05, 3.63) is 0 Å². The van der Waals surface area contributed by atoms with E-state index in [0.29, 0.717) is 5.96 Å². The van der Waals surface area contributed by atoms with E-state index in [4.69, 9.17) is 0 Å². The monoisotopic (exact) mass is 382 g/mol. The van der Waals surface area contributed by atoms with E-state index in [1.807, 2.05) is 41.8 Å². The highest BCUT2D eigenvalue weighted by atomic mass is 16.2. The predicted molar refractivity (Wildman–Crippen MR) is 110 cm³/mol. The number of carbonyl (C=O) groups excluding carboxylic acids is 2. The zero-order chi connectivity index (χ0) is 20.4. The predicted octanol–water partition coefficient (Wildman–Crippen LogP) is 0.399. The van der Waals surface area contributed by atoms with Crippen molar-refractivity contribution in [3.63, 3.8) is 0 Å². The number of aliphatic imine (C=N–C) groups is 1. The van der Waals surface area contributed by atoms with E-state index in [0.717, 1.165) is 45.4 Å². The molecule has 2 amide bonds. The Kier molecular flexibility index (Phi) is 9.55. The lowest BCUT2D eigenvalue weighted by atomic mass is 10.1. The fourth-order valence-corrected chi connectivity index (χ4v) is 3.11. The molecule has 0 aliphatic carbocycles. The molecule has 1 atom stereocenters. The molecule has 3 N–H and O–H groups in total. The molecule has 1 rings (SSSR count). The Hall–Kier alpha value is -1.83. The fourth-order valence-electron chi connectivity index (χ4n) is 3.11. The summed E-state index contributed by atoms with van der Waals surface area (Å²) >= 11 is 0. The molecule has 1 heterocycles. The topological polar surface area (TPSA) is 89.1 Å². The minimum atomic E-state index is -0.255. The van der Waals surface area contributed by atoms with Gasteiger partial charge < -0.3 is 20.9 Å². The molecule has 0 spiro atoms. The van der Waals surface area contributed by atoms with Gasteiger partial charge in [-0.25, -0.2) is 4.99 Å². The Morgan fingerprint density at radius 3 is 2.52 bits per heavy atom. The molecule has 0 aromatic rings. The van der Waals surface area contributed by atoms with Crippen LogP contribution in [0.2, 0.25) is 0 Å². The number of rotatable bonds is 8. The highest BCUT2D eigenvalue weighted by Crippen LogP contribution is 2.18. The van der Waals surface area contributed by atoms with Gasteiger partial charge in [0.05, 0.1) is 6.04 Å². The first-order chi connectivity index (χ1) is 12.6. The van der Waals surface area contributed by atoms with Crippen LogP contribution in [-0.4, -0.2) is 86.0 Å². The van der Waals surface area contributed by atoms with Gasteiger partial charge in [0, 0.05) is 39.3 Å². The molecule has 1 saturated heterocycles. The SMILES string of the molecule is CCNC(=NCC(=O)NC(C)(C)C)NCCCN1CCCC1C(=O)N(C)C. The molecular weight excluding hydrogens is 344 g/mol. The number of hydrogen-bond donors (Lipinski definition) is 3. The van der Waals surface area contributed by atoms with Crippen LogP contribution in [0.4, 0.5) is 0 Å². The molecule has 1 aliphatic rings. The summed E-state index contributed by atoms with van der Waals surface area (Å²) in [6.45, 7) is 11.3. The van der Waals surface area contributed by atoms with Crippen LogP contribution in [0.25, 0.3) is 0 Å². The van der Waals surface area contributed by atoms with Gasteiger partial charge in [0.25, 0.3) is 0 Å². The van der Waals surface area contributed by atoms with E-state index < -0.39 is 0 Å². The van der Waals surface area contributed by atoms with Gasteiger partial charge >= 0.3 is 0 Å². The number of guanidine groups is 1. The Balaban J connectivity index is 2.41. The first-order valence-corrected chi connectivity index (χ1v) is 9.92. The van der Waals surface area contributed by atoms with Gasteiger partial charge in [-0.15, -0.1) is 0 Å². The van der Waals surface area contributed by atoms with Crippen LogP contribution in [0.15, 0.2) is 4.99 Å². The lowest BCUT2D eigenvalue weighted by molar-refractivity contribution is -0.133. The molecule has 1 aliphatic heterocycles. The maximum Gasteiger partial charge on any atom is 0.242 e. The van der Waals surface area contributed by atoms with E-state index in [1.165, 1.54) is 0 Å². The third kappa shape index (κ3) is 9.08. The summed E-state index contributed by atoms with van der Waals surface area (Å²) in [5.41, 5.74) is -0.255.